The lowest BCUT2D eigenvalue weighted by Gasteiger charge is -2.16. The molecule has 0 heterocycles. The summed E-state index contributed by atoms with van der Waals surface area (Å²) < 4.78 is 18.7. The van der Waals surface area contributed by atoms with Gasteiger partial charge in [-0.15, -0.1) is 0 Å². The van der Waals surface area contributed by atoms with Gasteiger partial charge in [-0.05, 0) is 43.0 Å². The van der Waals surface area contributed by atoms with Gasteiger partial charge in [-0.1, -0.05) is 13.8 Å². The summed E-state index contributed by atoms with van der Waals surface area (Å²) in [6.45, 7) is 6.22. The maximum Gasteiger partial charge on any atom is 0.336 e. The number of carbonyl (C=O) groups is 1. The summed E-state index contributed by atoms with van der Waals surface area (Å²) in [5.74, 6) is -1.01. The fourth-order valence-corrected chi connectivity index (χ4v) is 1.85. The molecule has 0 amide bonds. The first kappa shape index (κ1) is 14.6. The van der Waals surface area contributed by atoms with Gasteiger partial charge in [0.1, 0.15) is 5.82 Å². The van der Waals surface area contributed by atoms with Crippen LogP contribution in [0.15, 0.2) is 18.2 Å². The van der Waals surface area contributed by atoms with Crippen molar-refractivity contribution >= 4 is 5.97 Å². The molecule has 100 valence electrons. The molecule has 0 saturated carbocycles. The van der Waals surface area contributed by atoms with Crippen LogP contribution in [0.2, 0.25) is 0 Å². The maximum atomic E-state index is 13.1. The number of carboxylic acids is 1. The first-order valence-corrected chi connectivity index (χ1v) is 6.03. The summed E-state index contributed by atoms with van der Waals surface area (Å²) in [5.41, 5.74) is 0.464. The number of benzene rings is 1. The van der Waals surface area contributed by atoms with E-state index in [0.717, 1.165) is 12.5 Å². The van der Waals surface area contributed by atoms with Gasteiger partial charge in [0.2, 0.25) is 0 Å². The van der Waals surface area contributed by atoms with Crippen molar-refractivity contribution in [1.82, 2.24) is 0 Å². The Morgan fingerprint density at radius 1 is 1.39 bits per heavy atom. The number of aromatic carboxylic acids is 1. The molecule has 1 atom stereocenters. The van der Waals surface area contributed by atoms with Crippen LogP contribution in [0.5, 0.6) is 0 Å². The predicted molar refractivity (Wildman–Crippen MR) is 67.1 cm³/mol. The SMILES string of the molecule is CC(C)CC(C)OCc1cc(F)ccc1C(=O)O. The van der Waals surface area contributed by atoms with Crippen LogP contribution < -0.4 is 0 Å². The minimum Gasteiger partial charge on any atom is -0.478 e. The van der Waals surface area contributed by atoms with E-state index in [1.165, 1.54) is 12.1 Å². The van der Waals surface area contributed by atoms with Gasteiger partial charge in [-0.2, -0.15) is 0 Å². The summed E-state index contributed by atoms with van der Waals surface area (Å²) in [7, 11) is 0. The maximum absolute atomic E-state index is 13.1. The molecule has 1 unspecified atom stereocenters. The number of hydrogen-bond donors (Lipinski definition) is 1. The molecule has 0 radical (unpaired) electrons. The molecule has 1 rings (SSSR count). The number of hydrogen-bond acceptors (Lipinski definition) is 2. The van der Waals surface area contributed by atoms with E-state index in [-0.39, 0.29) is 18.3 Å². The largest absolute Gasteiger partial charge is 0.478 e. The summed E-state index contributed by atoms with van der Waals surface area (Å²) in [4.78, 5) is 11.0. The van der Waals surface area contributed by atoms with E-state index in [4.69, 9.17) is 9.84 Å². The third kappa shape index (κ3) is 4.45. The molecule has 3 nitrogen and oxygen atoms in total. The number of carboxylic acid groups (broad SMARTS) is 1. The number of ether oxygens (including phenoxy) is 1. The lowest BCUT2D eigenvalue weighted by molar-refractivity contribution is 0.0382. The van der Waals surface area contributed by atoms with Crippen molar-refractivity contribution in [3.05, 3.63) is 35.1 Å². The van der Waals surface area contributed by atoms with Gasteiger partial charge < -0.3 is 9.84 Å². The molecule has 0 aliphatic rings. The van der Waals surface area contributed by atoms with E-state index >= 15 is 0 Å². The van der Waals surface area contributed by atoms with Gasteiger partial charge >= 0.3 is 5.97 Å². The van der Waals surface area contributed by atoms with Gasteiger partial charge in [0.15, 0.2) is 0 Å². The lowest BCUT2D eigenvalue weighted by Crippen LogP contribution is -2.13. The molecule has 0 bridgehead atoms. The fourth-order valence-electron chi connectivity index (χ4n) is 1.85. The van der Waals surface area contributed by atoms with E-state index in [1.54, 1.807) is 0 Å². The second kappa shape index (κ2) is 6.50. The predicted octanol–water partition coefficient (Wildman–Crippen LogP) is 3.48. The molecule has 0 aromatic heterocycles. The minimum absolute atomic E-state index is 0.0231. The van der Waals surface area contributed by atoms with Crippen molar-refractivity contribution in [1.29, 1.82) is 0 Å². The highest BCUT2D eigenvalue weighted by Crippen LogP contribution is 2.15. The zero-order chi connectivity index (χ0) is 13.7. The minimum atomic E-state index is -1.06. The molecule has 0 aliphatic heterocycles. The highest BCUT2D eigenvalue weighted by molar-refractivity contribution is 5.89. The quantitative estimate of drug-likeness (QED) is 0.845. The molecule has 0 spiro atoms. The first-order valence-electron chi connectivity index (χ1n) is 6.03. The van der Waals surface area contributed by atoms with Crippen molar-refractivity contribution in [3.8, 4) is 0 Å². The molecule has 0 aliphatic carbocycles. The van der Waals surface area contributed by atoms with E-state index in [2.05, 4.69) is 13.8 Å². The van der Waals surface area contributed by atoms with Crippen molar-refractivity contribution in [3.63, 3.8) is 0 Å². The molecule has 18 heavy (non-hydrogen) atoms. The standard InChI is InChI=1S/C14H19FO3/c1-9(2)6-10(3)18-8-11-7-12(15)4-5-13(11)14(16)17/h4-5,7,9-10H,6,8H2,1-3H3,(H,16,17). The van der Waals surface area contributed by atoms with Gasteiger partial charge in [0.05, 0.1) is 18.3 Å². The fraction of sp³-hybridized carbons (Fsp3) is 0.500. The monoisotopic (exact) mass is 254 g/mol. The molecule has 4 heteroatoms. The molecule has 1 aromatic rings. The third-order valence-electron chi connectivity index (χ3n) is 2.62. The van der Waals surface area contributed by atoms with Crippen molar-refractivity contribution in [2.45, 2.75) is 39.9 Å². The van der Waals surface area contributed by atoms with E-state index in [9.17, 15) is 9.18 Å². The van der Waals surface area contributed by atoms with Crippen LogP contribution in [-0.2, 0) is 11.3 Å². The van der Waals surface area contributed by atoms with Gasteiger partial charge in [0, 0.05) is 0 Å². The Bertz CT molecular complexity index is 416. The molecule has 1 aromatic carbocycles. The van der Waals surface area contributed by atoms with Gasteiger partial charge in [0.25, 0.3) is 0 Å². The Kier molecular flexibility index (Phi) is 5.28. The highest BCUT2D eigenvalue weighted by atomic mass is 19.1. The van der Waals surface area contributed by atoms with E-state index in [1.807, 2.05) is 6.92 Å². The van der Waals surface area contributed by atoms with Crippen LogP contribution in [0.1, 0.15) is 43.1 Å². The second-order valence-corrected chi connectivity index (χ2v) is 4.86. The van der Waals surface area contributed by atoms with Crippen molar-refractivity contribution < 1.29 is 19.0 Å². The number of rotatable bonds is 6. The first-order chi connectivity index (χ1) is 8.40. The Balaban J connectivity index is 2.71. The molecular formula is C14H19FO3. The van der Waals surface area contributed by atoms with Crippen molar-refractivity contribution in [2.75, 3.05) is 0 Å². The number of halogens is 1. The normalized spacial score (nSPS) is 12.7. The highest BCUT2D eigenvalue weighted by Gasteiger charge is 2.13. The van der Waals surface area contributed by atoms with E-state index in [0.29, 0.717) is 11.5 Å². The molecule has 1 N–H and O–H groups in total. The molecule has 0 saturated heterocycles. The zero-order valence-corrected chi connectivity index (χ0v) is 10.9. The Morgan fingerprint density at radius 3 is 2.61 bits per heavy atom. The Labute approximate surface area is 107 Å². The average Bonchev–Trinajstić information content (AvgIpc) is 2.25. The smallest absolute Gasteiger partial charge is 0.336 e. The summed E-state index contributed by atoms with van der Waals surface area (Å²) in [6, 6.07) is 3.62. The van der Waals surface area contributed by atoms with Crippen LogP contribution >= 0.6 is 0 Å². The van der Waals surface area contributed by atoms with Crippen LogP contribution in [0.25, 0.3) is 0 Å². The summed E-state index contributed by atoms with van der Waals surface area (Å²) >= 11 is 0. The van der Waals surface area contributed by atoms with Crippen LogP contribution in [0.4, 0.5) is 4.39 Å². The third-order valence-corrected chi connectivity index (χ3v) is 2.62. The van der Waals surface area contributed by atoms with Crippen LogP contribution in [0.3, 0.4) is 0 Å². The van der Waals surface area contributed by atoms with E-state index < -0.39 is 11.8 Å². The Hall–Kier alpha value is -1.42. The van der Waals surface area contributed by atoms with Crippen molar-refractivity contribution in [2.24, 2.45) is 5.92 Å². The lowest BCUT2D eigenvalue weighted by atomic mass is 10.1. The Morgan fingerprint density at radius 2 is 2.06 bits per heavy atom. The average molecular weight is 254 g/mol. The van der Waals surface area contributed by atoms with Crippen LogP contribution in [0, 0.1) is 11.7 Å². The molecule has 0 fully saturated rings. The topological polar surface area (TPSA) is 46.5 Å². The summed E-state index contributed by atoms with van der Waals surface area (Å²) in [6.07, 6.45) is 0.910. The van der Waals surface area contributed by atoms with Gasteiger partial charge in [-0.25, -0.2) is 9.18 Å². The second-order valence-electron chi connectivity index (χ2n) is 4.86. The summed E-state index contributed by atoms with van der Waals surface area (Å²) in [5, 5.41) is 8.99. The van der Waals surface area contributed by atoms with Crippen LogP contribution in [-0.4, -0.2) is 17.2 Å². The van der Waals surface area contributed by atoms with Gasteiger partial charge in [-0.3, -0.25) is 0 Å². The molecular weight excluding hydrogens is 235 g/mol. The zero-order valence-electron chi connectivity index (χ0n) is 10.9.